The van der Waals surface area contributed by atoms with Gasteiger partial charge in [0, 0.05) is 16.4 Å². The third-order valence-corrected chi connectivity index (χ3v) is 5.61. The smallest absolute Gasteiger partial charge is 0.266 e. The molecule has 2 aromatic carbocycles. The average Bonchev–Trinajstić information content (AvgIpc) is 3.20. The molecule has 0 spiro atoms. The van der Waals surface area contributed by atoms with E-state index in [-0.39, 0.29) is 11.7 Å². The quantitative estimate of drug-likeness (QED) is 0.715. The van der Waals surface area contributed by atoms with E-state index in [0.29, 0.717) is 34.5 Å². The molecule has 1 N–H and O–H groups in total. The number of amides is 1. The zero-order chi connectivity index (χ0) is 19.7. The summed E-state index contributed by atoms with van der Waals surface area (Å²) in [6.45, 7) is 1.65. The second kappa shape index (κ2) is 7.55. The molecule has 3 aromatic rings. The number of nitrogens with zero attached hydrogens (tertiary/aromatic N) is 2. The van der Waals surface area contributed by atoms with Crippen molar-refractivity contribution in [2.75, 3.05) is 5.32 Å². The summed E-state index contributed by atoms with van der Waals surface area (Å²) in [5.41, 5.74) is 2.02. The van der Waals surface area contributed by atoms with E-state index in [1.165, 1.54) is 12.1 Å². The molecule has 2 heterocycles. The first-order chi connectivity index (χ1) is 13.5. The number of benzene rings is 2. The van der Waals surface area contributed by atoms with Crippen LogP contribution in [0.4, 0.5) is 10.2 Å². The molecule has 2 atom stereocenters. The van der Waals surface area contributed by atoms with Crippen LogP contribution in [0.3, 0.4) is 0 Å². The maximum Gasteiger partial charge on any atom is 0.266 e. The fourth-order valence-electron chi connectivity index (χ4n) is 3.00. The van der Waals surface area contributed by atoms with Crippen molar-refractivity contribution in [1.29, 1.82) is 0 Å². The van der Waals surface area contributed by atoms with Gasteiger partial charge in [-0.3, -0.25) is 9.00 Å². The van der Waals surface area contributed by atoms with Gasteiger partial charge in [-0.05, 0) is 43.3 Å². The Morgan fingerprint density at radius 2 is 1.89 bits per heavy atom. The summed E-state index contributed by atoms with van der Waals surface area (Å²) in [4.78, 5) is 12.7. The zero-order valence-electron chi connectivity index (χ0n) is 15.1. The van der Waals surface area contributed by atoms with Crippen LogP contribution >= 0.6 is 0 Å². The lowest BCUT2D eigenvalue weighted by molar-refractivity contribution is -0.122. The molecule has 1 amide bonds. The van der Waals surface area contributed by atoms with E-state index in [1.54, 1.807) is 35.9 Å². The first kappa shape index (κ1) is 18.4. The standard InChI is InChI=1S/C20H18FN3O3S/c1-13(27-16-5-3-2-4-6-16)20(25)22-19-17-11-28(26)12-18(17)23-24(19)15-9-7-14(21)8-10-15/h2-10,13H,11-12H2,1H3,(H,22,25)/t13-,28+/m1/s1. The van der Waals surface area contributed by atoms with Crippen LogP contribution in [0.15, 0.2) is 54.6 Å². The Labute approximate surface area is 163 Å². The fraction of sp³-hybridized carbons (Fsp3) is 0.200. The molecule has 28 heavy (non-hydrogen) atoms. The van der Waals surface area contributed by atoms with Gasteiger partial charge in [-0.25, -0.2) is 9.07 Å². The molecule has 0 aliphatic carbocycles. The van der Waals surface area contributed by atoms with Gasteiger partial charge in [-0.2, -0.15) is 5.10 Å². The van der Waals surface area contributed by atoms with Crippen LogP contribution < -0.4 is 10.1 Å². The van der Waals surface area contributed by atoms with Crippen molar-refractivity contribution in [1.82, 2.24) is 9.78 Å². The van der Waals surface area contributed by atoms with Gasteiger partial charge in [0.2, 0.25) is 0 Å². The van der Waals surface area contributed by atoms with Gasteiger partial charge in [0.1, 0.15) is 17.4 Å². The lowest BCUT2D eigenvalue weighted by atomic mass is 10.2. The maximum atomic E-state index is 13.3. The molecular formula is C20H18FN3O3S. The summed E-state index contributed by atoms with van der Waals surface area (Å²) in [5, 5.41) is 7.34. The molecule has 1 aromatic heterocycles. The second-order valence-corrected chi connectivity index (χ2v) is 7.91. The lowest BCUT2D eigenvalue weighted by Crippen LogP contribution is -2.31. The van der Waals surface area contributed by atoms with E-state index in [1.807, 2.05) is 18.2 Å². The number of aromatic nitrogens is 2. The molecule has 8 heteroatoms. The highest BCUT2D eigenvalue weighted by atomic mass is 32.2. The Morgan fingerprint density at radius 3 is 2.61 bits per heavy atom. The number of anilines is 1. The lowest BCUT2D eigenvalue weighted by Gasteiger charge is -2.16. The van der Waals surface area contributed by atoms with Crippen LogP contribution in [0.2, 0.25) is 0 Å². The summed E-state index contributed by atoms with van der Waals surface area (Å²) in [6, 6.07) is 14.9. The van der Waals surface area contributed by atoms with Crippen molar-refractivity contribution in [3.8, 4) is 11.4 Å². The minimum Gasteiger partial charge on any atom is -0.481 e. The van der Waals surface area contributed by atoms with Crippen molar-refractivity contribution in [3.05, 3.63) is 71.7 Å². The molecule has 0 radical (unpaired) electrons. The first-order valence-corrected chi connectivity index (χ1v) is 10.2. The van der Waals surface area contributed by atoms with Crippen LogP contribution in [0.25, 0.3) is 5.69 Å². The van der Waals surface area contributed by atoms with E-state index in [2.05, 4.69) is 10.4 Å². The molecule has 1 aliphatic rings. The number of rotatable bonds is 5. The molecule has 0 saturated heterocycles. The van der Waals surface area contributed by atoms with Crippen LogP contribution in [0.1, 0.15) is 18.2 Å². The molecule has 4 rings (SSSR count). The number of hydrogen-bond donors (Lipinski definition) is 1. The largest absolute Gasteiger partial charge is 0.481 e. The number of halogens is 1. The molecule has 0 bridgehead atoms. The Bertz CT molecular complexity index is 1030. The van der Waals surface area contributed by atoms with Gasteiger partial charge in [0.15, 0.2) is 6.10 Å². The summed E-state index contributed by atoms with van der Waals surface area (Å²) in [6.07, 6.45) is -0.749. The van der Waals surface area contributed by atoms with Crippen molar-refractivity contribution >= 4 is 22.5 Å². The molecule has 0 unspecified atom stereocenters. The summed E-state index contributed by atoms with van der Waals surface area (Å²) in [7, 11) is -1.04. The number of fused-ring (bicyclic) bond motifs is 1. The predicted molar refractivity (Wildman–Crippen MR) is 104 cm³/mol. The minimum absolute atomic E-state index is 0.320. The van der Waals surface area contributed by atoms with Gasteiger partial charge in [0.25, 0.3) is 5.91 Å². The molecule has 0 fully saturated rings. The third kappa shape index (κ3) is 3.68. The first-order valence-electron chi connectivity index (χ1n) is 8.75. The van der Waals surface area contributed by atoms with Crippen molar-refractivity contribution < 1.29 is 18.1 Å². The van der Waals surface area contributed by atoms with Crippen LogP contribution in [0, 0.1) is 5.82 Å². The van der Waals surface area contributed by atoms with Gasteiger partial charge in [-0.1, -0.05) is 18.2 Å². The Balaban J connectivity index is 1.62. The van der Waals surface area contributed by atoms with Crippen LogP contribution in [-0.2, 0) is 27.1 Å². The van der Waals surface area contributed by atoms with Crippen LogP contribution in [-0.4, -0.2) is 26.0 Å². The van der Waals surface area contributed by atoms with Crippen molar-refractivity contribution in [2.45, 2.75) is 24.5 Å². The predicted octanol–water partition coefficient (Wildman–Crippen LogP) is 3.18. The van der Waals surface area contributed by atoms with Crippen molar-refractivity contribution in [3.63, 3.8) is 0 Å². The van der Waals surface area contributed by atoms with E-state index in [0.717, 1.165) is 5.56 Å². The van der Waals surface area contributed by atoms with Gasteiger partial charge in [-0.15, -0.1) is 0 Å². The topological polar surface area (TPSA) is 73.2 Å². The number of nitrogens with one attached hydrogen (secondary N) is 1. The molecule has 6 nitrogen and oxygen atoms in total. The maximum absolute atomic E-state index is 13.3. The minimum atomic E-state index is -1.04. The van der Waals surface area contributed by atoms with Crippen LogP contribution in [0.5, 0.6) is 5.75 Å². The van der Waals surface area contributed by atoms with E-state index >= 15 is 0 Å². The third-order valence-electron chi connectivity index (χ3n) is 4.41. The van der Waals surface area contributed by atoms with Gasteiger partial charge < -0.3 is 10.1 Å². The molecular weight excluding hydrogens is 381 g/mol. The Hall–Kier alpha value is -3.00. The Kier molecular flexibility index (Phi) is 4.95. The highest BCUT2D eigenvalue weighted by Crippen LogP contribution is 2.31. The highest BCUT2D eigenvalue weighted by Gasteiger charge is 2.29. The SMILES string of the molecule is C[C@@H](Oc1ccccc1)C(=O)Nc1c2c(nn1-c1ccc(F)cc1)C[S@@](=O)C2. The number of hydrogen-bond acceptors (Lipinski definition) is 4. The van der Waals surface area contributed by atoms with Crippen molar-refractivity contribution in [2.24, 2.45) is 0 Å². The van der Waals surface area contributed by atoms with Gasteiger partial charge >= 0.3 is 0 Å². The molecule has 0 saturated carbocycles. The number of para-hydroxylation sites is 1. The average molecular weight is 399 g/mol. The van der Waals surface area contributed by atoms with E-state index in [4.69, 9.17) is 4.74 Å². The van der Waals surface area contributed by atoms with Gasteiger partial charge in [0.05, 0.1) is 22.9 Å². The molecule has 144 valence electrons. The monoisotopic (exact) mass is 399 g/mol. The molecule has 1 aliphatic heterocycles. The Morgan fingerprint density at radius 1 is 1.18 bits per heavy atom. The zero-order valence-corrected chi connectivity index (χ0v) is 15.9. The van der Waals surface area contributed by atoms with E-state index in [9.17, 15) is 13.4 Å². The summed E-state index contributed by atoms with van der Waals surface area (Å²) < 4.78 is 32.4. The summed E-state index contributed by atoms with van der Waals surface area (Å²) in [5.74, 6) is 0.972. The fourth-order valence-corrected chi connectivity index (χ4v) is 4.26. The normalized spacial score (nSPS) is 16.4. The second-order valence-electron chi connectivity index (χ2n) is 6.45. The number of carbonyl (C=O) groups is 1. The summed E-state index contributed by atoms with van der Waals surface area (Å²) >= 11 is 0. The number of carbonyl (C=O) groups excluding carboxylic acids is 1. The number of ether oxygens (including phenoxy) is 1. The highest BCUT2D eigenvalue weighted by molar-refractivity contribution is 7.83. The van der Waals surface area contributed by atoms with E-state index < -0.39 is 16.9 Å².